The molecule has 0 spiro atoms. The first-order chi connectivity index (χ1) is 11.5. The number of allylic oxidation sites excluding steroid dienone is 1. The zero-order chi connectivity index (χ0) is 19.7. The van der Waals surface area contributed by atoms with Gasteiger partial charge in [0, 0.05) is 0 Å². The lowest BCUT2D eigenvalue weighted by Crippen LogP contribution is -2.77. The van der Waals surface area contributed by atoms with Crippen LogP contribution in [-0.4, -0.2) is 27.3 Å². The Bertz CT molecular complexity index is 684. The molecule has 136 valence electrons. The van der Waals surface area contributed by atoms with Crippen molar-refractivity contribution < 1.29 is 24.9 Å². The first-order valence-electron chi connectivity index (χ1n) is 6.50. The second-order valence-electron chi connectivity index (χ2n) is 4.70. The standard InChI is InChI=1S/C6H3N3O7.C6H13N3/c10-6-4(8(13)14)1-3(7(11)12)2-5(6)9(15)16;1-5(2)3-4-9-6(7)8/h1-2,10H;3H,4H2,1-2H3,(H4,7,8,9). The number of non-ortho nitro benzene ring substituents is 1. The summed E-state index contributed by atoms with van der Waals surface area (Å²) >= 11 is 0. The molecule has 0 unspecified atom stereocenters. The van der Waals surface area contributed by atoms with Gasteiger partial charge < -0.3 is 5.11 Å². The summed E-state index contributed by atoms with van der Waals surface area (Å²) in [5.41, 5.74) is 8.25. The minimum atomic E-state index is -1.46. The van der Waals surface area contributed by atoms with Gasteiger partial charge in [-0.05, 0) is 13.8 Å². The van der Waals surface area contributed by atoms with Crippen molar-refractivity contribution in [1.82, 2.24) is 0 Å². The SMILES string of the molecule is CC(C)=CC[NH+]=C(N)N.O=[N+]([O-])c1cc([N+](=O)[O-])c([O-])c([N+](=O)[O-])c1. The van der Waals surface area contributed by atoms with Crippen molar-refractivity contribution >= 4 is 23.0 Å². The van der Waals surface area contributed by atoms with E-state index in [4.69, 9.17) is 11.5 Å². The normalized spacial score (nSPS) is 9.20. The van der Waals surface area contributed by atoms with Crippen molar-refractivity contribution in [3.8, 4) is 5.75 Å². The van der Waals surface area contributed by atoms with Crippen molar-refractivity contribution in [1.29, 1.82) is 0 Å². The zero-order valence-corrected chi connectivity index (χ0v) is 13.3. The summed E-state index contributed by atoms with van der Waals surface area (Å²) in [6, 6.07) is 0.769. The highest BCUT2D eigenvalue weighted by atomic mass is 16.6. The summed E-state index contributed by atoms with van der Waals surface area (Å²) in [5.74, 6) is -1.19. The van der Waals surface area contributed by atoms with E-state index in [2.05, 4.69) is 4.99 Å². The number of nitrogens with one attached hydrogen (secondary N) is 1. The van der Waals surface area contributed by atoms with E-state index in [1.54, 1.807) is 0 Å². The van der Waals surface area contributed by atoms with E-state index in [9.17, 15) is 35.4 Å². The van der Waals surface area contributed by atoms with Gasteiger partial charge in [-0.2, -0.15) is 0 Å². The van der Waals surface area contributed by atoms with E-state index in [0.29, 0.717) is 18.7 Å². The molecule has 0 atom stereocenters. The van der Waals surface area contributed by atoms with Crippen LogP contribution in [0.2, 0.25) is 0 Å². The molecule has 1 rings (SSSR count). The van der Waals surface area contributed by atoms with Crippen molar-refractivity contribution in [3.63, 3.8) is 0 Å². The molecule has 0 aromatic heterocycles. The lowest BCUT2D eigenvalue weighted by Gasteiger charge is -2.06. The molecule has 0 aliphatic heterocycles. The molecule has 1 aromatic rings. The molecule has 1 aromatic carbocycles. The van der Waals surface area contributed by atoms with Gasteiger partial charge in [0.1, 0.15) is 0 Å². The number of hydrogen-bond acceptors (Lipinski definition) is 7. The molecule has 13 nitrogen and oxygen atoms in total. The molecular weight excluding hydrogens is 340 g/mol. The molecule has 0 fully saturated rings. The third-order valence-corrected chi connectivity index (χ3v) is 2.46. The van der Waals surface area contributed by atoms with Gasteiger partial charge in [-0.25, -0.2) is 0 Å². The first-order valence-corrected chi connectivity index (χ1v) is 6.50. The molecule has 13 heteroatoms. The van der Waals surface area contributed by atoms with E-state index in [1.807, 2.05) is 19.9 Å². The van der Waals surface area contributed by atoms with Crippen LogP contribution in [0.15, 0.2) is 23.8 Å². The topological polar surface area (TPSA) is 218 Å². The maximum absolute atomic E-state index is 11.1. The lowest BCUT2D eigenvalue weighted by atomic mass is 10.2. The number of nitrogens with zero attached hydrogens (tertiary/aromatic N) is 3. The zero-order valence-electron chi connectivity index (χ0n) is 13.3. The summed E-state index contributed by atoms with van der Waals surface area (Å²) in [7, 11) is 0. The molecule has 25 heavy (non-hydrogen) atoms. The Morgan fingerprint density at radius 3 is 1.76 bits per heavy atom. The fourth-order valence-electron chi connectivity index (χ4n) is 1.33. The van der Waals surface area contributed by atoms with Crippen LogP contribution in [0.25, 0.3) is 0 Å². The van der Waals surface area contributed by atoms with Crippen LogP contribution in [0.1, 0.15) is 13.8 Å². The maximum Gasteiger partial charge on any atom is 0.339 e. The predicted octanol–water partition coefficient (Wildman–Crippen LogP) is -1.21. The predicted molar refractivity (Wildman–Crippen MR) is 84.5 cm³/mol. The molecule has 0 heterocycles. The van der Waals surface area contributed by atoms with Gasteiger partial charge in [-0.1, -0.05) is 11.6 Å². The van der Waals surface area contributed by atoms with E-state index in [-0.39, 0.29) is 5.96 Å². The van der Waals surface area contributed by atoms with Crippen molar-refractivity contribution in [2.75, 3.05) is 6.54 Å². The molecule has 0 aliphatic rings. The van der Waals surface area contributed by atoms with E-state index < -0.39 is 37.6 Å². The monoisotopic (exact) mass is 356 g/mol. The Balaban J connectivity index is 0.000000547. The Morgan fingerprint density at radius 1 is 1.04 bits per heavy atom. The number of benzene rings is 1. The smallest absolute Gasteiger partial charge is 0.339 e. The van der Waals surface area contributed by atoms with E-state index in [0.717, 1.165) is 0 Å². The maximum atomic E-state index is 11.1. The summed E-state index contributed by atoms with van der Waals surface area (Å²) in [4.78, 5) is 30.3. The van der Waals surface area contributed by atoms with Crippen molar-refractivity contribution in [2.24, 2.45) is 11.5 Å². The summed E-state index contributed by atoms with van der Waals surface area (Å²) in [5, 5.41) is 42.1. The van der Waals surface area contributed by atoms with Crippen LogP contribution in [0, 0.1) is 30.3 Å². The largest absolute Gasteiger partial charge is 0.863 e. The van der Waals surface area contributed by atoms with Gasteiger partial charge in [0.05, 0.1) is 39.2 Å². The Kier molecular flexibility index (Phi) is 7.97. The third kappa shape index (κ3) is 7.36. The second-order valence-corrected chi connectivity index (χ2v) is 4.70. The second kappa shape index (κ2) is 9.39. The van der Waals surface area contributed by atoms with Gasteiger partial charge in [-0.3, -0.25) is 46.8 Å². The summed E-state index contributed by atoms with van der Waals surface area (Å²) in [6.07, 6.45) is 2.01. The molecule has 0 saturated heterocycles. The molecule has 0 bridgehead atoms. The number of nitro benzene ring substituents is 3. The minimum absolute atomic E-state index is 0.271. The van der Waals surface area contributed by atoms with Gasteiger partial charge >= 0.3 is 5.96 Å². The molecular formula is C12H16N6O7. The number of rotatable bonds is 5. The van der Waals surface area contributed by atoms with Gasteiger partial charge in [0.15, 0.2) is 0 Å². The van der Waals surface area contributed by atoms with Crippen LogP contribution in [-0.2, 0) is 0 Å². The van der Waals surface area contributed by atoms with Gasteiger partial charge in [0.2, 0.25) is 0 Å². The average molecular weight is 356 g/mol. The van der Waals surface area contributed by atoms with Crippen LogP contribution in [0.4, 0.5) is 17.1 Å². The van der Waals surface area contributed by atoms with Crippen LogP contribution >= 0.6 is 0 Å². The number of hydrogen-bond donors (Lipinski definition) is 3. The molecule has 0 aliphatic carbocycles. The number of nitro groups is 3. The Hall–Kier alpha value is -3.77. The Morgan fingerprint density at radius 2 is 1.48 bits per heavy atom. The van der Waals surface area contributed by atoms with Crippen LogP contribution in [0.3, 0.4) is 0 Å². The fourth-order valence-corrected chi connectivity index (χ4v) is 1.33. The van der Waals surface area contributed by atoms with Crippen LogP contribution < -0.4 is 21.6 Å². The van der Waals surface area contributed by atoms with Crippen LogP contribution in [0.5, 0.6) is 5.75 Å². The highest BCUT2D eigenvalue weighted by Gasteiger charge is 2.24. The number of nitrogens with two attached hydrogens (primary N) is 2. The summed E-state index contributed by atoms with van der Waals surface area (Å²) < 4.78 is 0. The van der Waals surface area contributed by atoms with E-state index >= 15 is 0 Å². The fraction of sp³-hybridized carbons (Fsp3) is 0.250. The molecule has 0 radical (unpaired) electrons. The third-order valence-electron chi connectivity index (χ3n) is 2.46. The minimum Gasteiger partial charge on any atom is -0.863 e. The van der Waals surface area contributed by atoms with E-state index in [1.165, 1.54) is 5.57 Å². The Labute approximate surface area is 140 Å². The van der Waals surface area contributed by atoms with Crippen molar-refractivity contribution in [2.45, 2.75) is 13.8 Å². The van der Waals surface area contributed by atoms with Crippen molar-refractivity contribution in [3.05, 3.63) is 54.1 Å². The highest BCUT2D eigenvalue weighted by molar-refractivity contribution is 5.69. The summed E-state index contributed by atoms with van der Waals surface area (Å²) in [6.45, 7) is 4.76. The first kappa shape index (κ1) is 21.2. The molecule has 0 amide bonds. The van der Waals surface area contributed by atoms with Gasteiger partial charge in [-0.15, -0.1) is 0 Å². The molecule has 0 saturated carbocycles. The lowest BCUT2D eigenvalue weighted by molar-refractivity contribution is -0.446. The highest BCUT2D eigenvalue weighted by Crippen LogP contribution is 2.36. The van der Waals surface area contributed by atoms with Gasteiger partial charge in [0.25, 0.3) is 17.1 Å². The molecule has 5 N–H and O–H groups in total. The quantitative estimate of drug-likeness (QED) is 0.189. The number of guanidine groups is 1. The average Bonchev–Trinajstić information content (AvgIpc) is 2.46.